The van der Waals surface area contributed by atoms with Crippen LogP contribution in [0.15, 0.2) is 16.8 Å². The van der Waals surface area contributed by atoms with Gasteiger partial charge in [-0.05, 0) is 63.5 Å². The van der Waals surface area contributed by atoms with Crippen molar-refractivity contribution in [1.82, 2.24) is 31.5 Å². The van der Waals surface area contributed by atoms with Gasteiger partial charge in [-0.3, -0.25) is 29.0 Å². The first-order valence-corrected chi connectivity index (χ1v) is 18.2. The highest BCUT2D eigenvalue weighted by atomic mass is 16.2. The number of carbonyl (C=O) groups is 5. The van der Waals surface area contributed by atoms with Gasteiger partial charge in [0, 0.05) is 19.3 Å². The minimum Gasteiger partial charge on any atom is -0.353 e. The molecular formula is C35H57N7O5. The van der Waals surface area contributed by atoms with Gasteiger partial charge in [-0.15, -0.1) is 0 Å². The largest absolute Gasteiger partial charge is 0.353 e. The molecule has 0 bridgehead atoms. The van der Waals surface area contributed by atoms with Gasteiger partial charge in [0.05, 0.1) is 13.1 Å². The molecule has 2 aliphatic heterocycles. The van der Waals surface area contributed by atoms with Crippen molar-refractivity contribution in [2.75, 3.05) is 39.3 Å². The number of nitrogens with one attached hydrogen (secondary N) is 5. The van der Waals surface area contributed by atoms with Crippen molar-refractivity contribution < 1.29 is 24.0 Å². The molecule has 262 valence electrons. The Morgan fingerprint density at radius 2 is 1.26 bits per heavy atom. The molecule has 4 aliphatic rings. The molecule has 0 aromatic carbocycles. The van der Waals surface area contributed by atoms with Gasteiger partial charge in [0.2, 0.25) is 23.6 Å². The van der Waals surface area contributed by atoms with Crippen molar-refractivity contribution in [3.05, 3.63) is 11.8 Å². The molecule has 12 nitrogen and oxygen atoms in total. The predicted molar refractivity (Wildman–Crippen MR) is 181 cm³/mol. The van der Waals surface area contributed by atoms with E-state index in [1.807, 2.05) is 0 Å². The third-order valence-electron chi connectivity index (χ3n) is 10.0. The van der Waals surface area contributed by atoms with E-state index in [1.54, 1.807) is 12.3 Å². The summed E-state index contributed by atoms with van der Waals surface area (Å²) in [7, 11) is 0. The summed E-state index contributed by atoms with van der Waals surface area (Å²) in [6, 6.07) is -1.44. The lowest BCUT2D eigenvalue weighted by atomic mass is 9.84. The maximum Gasteiger partial charge on any atom is 0.270 e. The summed E-state index contributed by atoms with van der Waals surface area (Å²) < 4.78 is 0. The molecule has 1 saturated heterocycles. The van der Waals surface area contributed by atoms with E-state index in [9.17, 15) is 24.0 Å². The average Bonchev–Trinajstić information content (AvgIpc) is 3.10. The molecule has 47 heavy (non-hydrogen) atoms. The number of hydrogen-bond acceptors (Lipinski definition) is 7. The fourth-order valence-electron chi connectivity index (χ4n) is 7.29. The van der Waals surface area contributed by atoms with Crippen LogP contribution in [0.4, 0.5) is 0 Å². The van der Waals surface area contributed by atoms with E-state index >= 15 is 0 Å². The maximum absolute atomic E-state index is 13.2. The fraction of sp³-hybridized carbons (Fsp3) is 0.771. The molecule has 5 amide bonds. The Balaban J connectivity index is 1.23. The summed E-state index contributed by atoms with van der Waals surface area (Å²) in [5.74, 6) is -1.26. The van der Waals surface area contributed by atoms with Crippen molar-refractivity contribution in [2.45, 2.75) is 121 Å². The molecule has 1 unspecified atom stereocenters. The Bertz CT molecular complexity index is 1110. The SMILES string of the molecule is O=C(CNC(=O)[C@H](CC1CCCCC1)NC(=O)C1=CCCC=N1)NCC(=O)NC(CC1CCCCC1)C(=O)NCCN1CCCCC1. The van der Waals surface area contributed by atoms with E-state index in [1.165, 1.54) is 32.1 Å². The molecule has 2 aliphatic carbocycles. The van der Waals surface area contributed by atoms with Crippen LogP contribution in [0.2, 0.25) is 0 Å². The minimum absolute atomic E-state index is 0.180. The van der Waals surface area contributed by atoms with E-state index in [4.69, 9.17) is 0 Å². The van der Waals surface area contributed by atoms with Gasteiger partial charge in [0.1, 0.15) is 17.8 Å². The second-order valence-electron chi connectivity index (χ2n) is 13.8. The monoisotopic (exact) mass is 655 g/mol. The highest BCUT2D eigenvalue weighted by Gasteiger charge is 2.28. The third kappa shape index (κ3) is 13.4. The van der Waals surface area contributed by atoms with Crippen molar-refractivity contribution in [1.29, 1.82) is 0 Å². The molecular weight excluding hydrogens is 598 g/mol. The van der Waals surface area contributed by atoms with Crippen LogP contribution >= 0.6 is 0 Å². The van der Waals surface area contributed by atoms with Crippen LogP contribution in [0.5, 0.6) is 0 Å². The normalized spacial score (nSPS) is 20.7. The molecule has 0 aromatic rings. The summed E-state index contributed by atoms with van der Waals surface area (Å²) in [5.41, 5.74) is 0.305. The number of likely N-dealkylation sites (tertiary alicyclic amines) is 1. The number of hydrogen-bond donors (Lipinski definition) is 5. The van der Waals surface area contributed by atoms with Crippen LogP contribution in [0.1, 0.15) is 109 Å². The van der Waals surface area contributed by atoms with E-state index in [0.717, 1.165) is 83.8 Å². The summed E-state index contributed by atoms with van der Waals surface area (Å²) in [5, 5.41) is 13.9. The zero-order valence-corrected chi connectivity index (χ0v) is 28.2. The quantitative estimate of drug-likeness (QED) is 0.172. The third-order valence-corrected chi connectivity index (χ3v) is 10.0. The summed E-state index contributed by atoms with van der Waals surface area (Å²) >= 11 is 0. The Kier molecular flexibility index (Phi) is 15.7. The second-order valence-corrected chi connectivity index (χ2v) is 13.8. The van der Waals surface area contributed by atoms with E-state index in [0.29, 0.717) is 36.9 Å². The van der Waals surface area contributed by atoms with Crippen LogP contribution < -0.4 is 26.6 Å². The molecule has 2 saturated carbocycles. The summed E-state index contributed by atoms with van der Waals surface area (Å²) in [4.78, 5) is 71.3. The molecule has 2 heterocycles. The van der Waals surface area contributed by atoms with Crippen LogP contribution in [-0.2, 0) is 24.0 Å². The van der Waals surface area contributed by atoms with Crippen molar-refractivity contribution >= 4 is 35.8 Å². The smallest absolute Gasteiger partial charge is 0.270 e. The van der Waals surface area contributed by atoms with Gasteiger partial charge in [-0.2, -0.15) is 0 Å². The predicted octanol–water partition coefficient (Wildman–Crippen LogP) is 2.48. The number of aliphatic imine (C=N–C) groups is 1. The Morgan fingerprint density at radius 3 is 1.87 bits per heavy atom. The first-order valence-electron chi connectivity index (χ1n) is 18.2. The van der Waals surface area contributed by atoms with Crippen LogP contribution in [0.3, 0.4) is 0 Å². The van der Waals surface area contributed by atoms with Gasteiger partial charge in [0.25, 0.3) is 5.91 Å². The van der Waals surface area contributed by atoms with E-state index in [2.05, 4.69) is 36.5 Å². The van der Waals surface area contributed by atoms with Crippen molar-refractivity contribution in [3.63, 3.8) is 0 Å². The second kappa shape index (κ2) is 20.2. The standard InChI is InChI=1S/C35H57N7O5/c43-31(24-39-34(46)30(23-27-14-6-2-7-15-27)41-35(47)28-16-8-9-17-36-28)38-25-32(44)40-29(22-26-12-4-1-5-13-26)33(45)37-18-21-42-19-10-3-11-20-42/h16-17,26-27,29-30H,1-15,18-25H2,(H,37,45)(H,38,43)(H,39,46)(H,40,44)(H,41,47)/t29?,30-/m0/s1. The molecule has 4 rings (SSSR count). The number of allylic oxidation sites excluding steroid dienone is 1. The molecule has 0 radical (unpaired) electrons. The van der Waals surface area contributed by atoms with Gasteiger partial charge < -0.3 is 31.5 Å². The van der Waals surface area contributed by atoms with Gasteiger partial charge in [0.15, 0.2) is 0 Å². The molecule has 5 N–H and O–H groups in total. The number of amides is 5. The lowest BCUT2D eigenvalue weighted by Gasteiger charge is -2.28. The highest BCUT2D eigenvalue weighted by molar-refractivity contribution is 5.98. The topological polar surface area (TPSA) is 161 Å². The Morgan fingerprint density at radius 1 is 0.681 bits per heavy atom. The maximum atomic E-state index is 13.2. The first-order chi connectivity index (χ1) is 22.9. The highest BCUT2D eigenvalue weighted by Crippen LogP contribution is 2.28. The van der Waals surface area contributed by atoms with E-state index in [-0.39, 0.29) is 19.0 Å². The molecule has 0 spiro atoms. The number of carbonyl (C=O) groups excluding carboxylic acids is 5. The molecule has 0 aromatic heterocycles. The van der Waals surface area contributed by atoms with Gasteiger partial charge >= 0.3 is 0 Å². The average molecular weight is 656 g/mol. The number of rotatable bonds is 16. The first kappa shape index (κ1) is 36.6. The molecule has 3 fully saturated rings. The number of piperidine rings is 1. The Hall–Kier alpha value is -3.28. The molecule has 12 heteroatoms. The van der Waals surface area contributed by atoms with E-state index < -0.39 is 35.7 Å². The van der Waals surface area contributed by atoms with Crippen molar-refractivity contribution in [2.24, 2.45) is 16.8 Å². The van der Waals surface area contributed by atoms with Crippen molar-refractivity contribution in [3.8, 4) is 0 Å². The zero-order chi connectivity index (χ0) is 33.3. The lowest BCUT2D eigenvalue weighted by Crippen LogP contribution is -2.52. The minimum atomic E-state index is -0.784. The summed E-state index contributed by atoms with van der Waals surface area (Å²) in [6.45, 7) is 2.83. The fourth-order valence-corrected chi connectivity index (χ4v) is 7.29. The van der Waals surface area contributed by atoms with Gasteiger partial charge in [-0.1, -0.05) is 76.7 Å². The van der Waals surface area contributed by atoms with Crippen LogP contribution in [0.25, 0.3) is 0 Å². The van der Waals surface area contributed by atoms with Crippen LogP contribution in [-0.4, -0.2) is 92.0 Å². The number of nitrogens with zero attached hydrogens (tertiary/aromatic N) is 2. The summed E-state index contributed by atoms with van der Waals surface area (Å²) in [6.07, 6.45) is 20.7. The Labute approximate surface area is 280 Å². The lowest BCUT2D eigenvalue weighted by molar-refractivity contribution is -0.131. The zero-order valence-electron chi connectivity index (χ0n) is 28.2. The van der Waals surface area contributed by atoms with Gasteiger partial charge in [-0.25, -0.2) is 0 Å². The molecule has 2 atom stereocenters. The van der Waals surface area contributed by atoms with Crippen LogP contribution in [0, 0.1) is 11.8 Å².